The molecule has 0 aliphatic heterocycles. The van der Waals surface area contributed by atoms with Crippen LogP contribution >= 0.6 is 0 Å². The molecule has 4 rings (SSSR count). The van der Waals surface area contributed by atoms with Crippen LogP contribution in [0.4, 0.5) is 0 Å². The molecule has 8 heteroatoms. The van der Waals surface area contributed by atoms with Crippen molar-refractivity contribution < 1.29 is 9.53 Å². The first kappa shape index (κ1) is 20.6. The van der Waals surface area contributed by atoms with Gasteiger partial charge in [0.25, 0.3) is 5.91 Å². The predicted molar refractivity (Wildman–Crippen MR) is 119 cm³/mol. The molecule has 1 N–H and O–H groups in total. The number of hydrogen-bond acceptors (Lipinski definition) is 5. The minimum Gasteiger partial charge on any atom is -0.497 e. The molecule has 0 bridgehead atoms. The number of aromatic nitrogens is 5. The van der Waals surface area contributed by atoms with E-state index >= 15 is 0 Å². The normalized spacial score (nSPS) is 12.2. The van der Waals surface area contributed by atoms with Crippen LogP contribution in [0.2, 0.25) is 0 Å². The molecule has 3 heterocycles. The number of amides is 1. The number of nitrogens with zero attached hydrogens (tertiary/aromatic N) is 5. The summed E-state index contributed by atoms with van der Waals surface area (Å²) in [5.41, 5.74) is 5.52. The Bertz CT molecular complexity index is 1290. The second-order valence-electron chi connectivity index (χ2n) is 7.70. The van der Waals surface area contributed by atoms with E-state index in [1.807, 2.05) is 65.2 Å². The number of carbonyl (C=O) groups excluding carboxylic acids is 1. The van der Waals surface area contributed by atoms with E-state index in [4.69, 9.17) is 9.72 Å². The van der Waals surface area contributed by atoms with Gasteiger partial charge in [-0.1, -0.05) is 12.1 Å². The maximum Gasteiger partial charge on any atom is 0.252 e. The lowest BCUT2D eigenvalue weighted by atomic mass is 10.0. The van der Waals surface area contributed by atoms with Gasteiger partial charge < -0.3 is 10.1 Å². The smallest absolute Gasteiger partial charge is 0.252 e. The summed E-state index contributed by atoms with van der Waals surface area (Å²) >= 11 is 0. The molecule has 0 saturated carbocycles. The van der Waals surface area contributed by atoms with Crippen molar-refractivity contribution in [3.63, 3.8) is 0 Å². The van der Waals surface area contributed by atoms with Crippen LogP contribution in [-0.2, 0) is 14.1 Å². The van der Waals surface area contributed by atoms with Gasteiger partial charge in [-0.05, 0) is 39.0 Å². The van der Waals surface area contributed by atoms with E-state index in [0.717, 1.165) is 33.7 Å². The molecule has 160 valence electrons. The van der Waals surface area contributed by atoms with Crippen molar-refractivity contribution >= 4 is 16.9 Å². The third-order valence-electron chi connectivity index (χ3n) is 5.67. The lowest BCUT2D eigenvalue weighted by Gasteiger charge is -2.15. The molecular weight excluding hydrogens is 392 g/mol. The molecule has 3 aromatic heterocycles. The van der Waals surface area contributed by atoms with Crippen LogP contribution < -0.4 is 10.1 Å². The largest absolute Gasteiger partial charge is 0.497 e. The molecule has 31 heavy (non-hydrogen) atoms. The molecule has 1 amide bonds. The Morgan fingerprint density at radius 3 is 2.61 bits per heavy atom. The van der Waals surface area contributed by atoms with Crippen LogP contribution in [0.5, 0.6) is 5.75 Å². The van der Waals surface area contributed by atoms with Crippen LogP contribution in [0.25, 0.3) is 22.3 Å². The van der Waals surface area contributed by atoms with Crippen molar-refractivity contribution in [2.24, 2.45) is 14.1 Å². The predicted octanol–water partition coefficient (Wildman–Crippen LogP) is 3.49. The first-order valence-electron chi connectivity index (χ1n) is 10.1. The summed E-state index contributed by atoms with van der Waals surface area (Å²) in [4.78, 5) is 18.2. The first-order valence-corrected chi connectivity index (χ1v) is 10.1. The van der Waals surface area contributed by atoms with Crippen molar-refractivity contribution in [3.05, 3.63) is 59.0 Å². The maximum absolute atomic E-state index is 13.4. The van der Waals surface area contributed by atoms with Gasteiger partial charge in [-0.3, -0.25) is 14.2 Å². The highest BCUT2D eigenvalue weighted by Gasteiger charge is 2.22. The van der Waals surface area contributed by atoms with Crippen molar-refractivity contribution in [1.29, 1.82) is 0 Å². The van der Waals surface area contributed by atoms with E-state index in [1.54, 1.807) is 22.7 Å². The van der Waals surface area contributed by atoms with Crippen LogP contribution in [0, 0.1) is 13.8 Å². The summed E-state index contributed by atoms with van der Waals surface area (Å²) in [6, 6.07) is 9.26. The van der Waals surface area contributed by atoms with Gasteiger partial charge >= 0.3 is 0 Å². The van der Waals surface area contributed by atoms with Gasteiger partial charge in [0.2, 0.25) is 0 Å². The Balaban J connectivity index is 1.80. The first-order chi connectivity index (χ1) is 14.8. The minimum atomic E-state index is -0.193. The fourth-order valence-electron chi connectivity index (χ4n) is 3.85. The second kappa shape index (κ2) is 7.86. The van der Waals surface area contributed by atoms with Crippen LogP contribution in [0.3, 0.4) is 0 Å². The molecular formula is C23H26N6O2. The van der Waals surface area contributed by atoms with Crippen LogP contribution in [0.15, 0.2) is 36.5 Å². The zero-order valence-corrected chi connectivity index (χ0v) is 18.6. The van der Waals surface area contributed by atoms with E-state index in [1.165, 1.54) is 0 Å². The highest BCUT2D eigenvalue weighted by Crippen LogP contribution is 2.29. The average Bonchev–Trinajstić information content (AvgIpc) is 3.25. The number of rotatable bonds is 5. The number of carbonyl (C=O) groups is 1. The number of fused-ring (bicyclic) bond motifs is 1. The number of benzene rings is 1. The summed E-state index contributed by atoms with van der Waals surface area (Å²) in [5, 5.41) is 12.6. The number of aryl methyl sites for hydroxylation is 3. The van der Waals surface area contributed by atoms with E-state index in [-0.39, 0.29) is 11.9 Å². The SMILES string of the molecule is COc1cccc(-c2cc(C(=O)N[C@@H](C)c3cnn(C)c3C)c3c(C)nn(C)c3n2)c1. The summed E-state index contributed by atoms with van der Waals surface area (Å²) in [6.45, 7) is 5.84. The van der Waals surface area contributed by atoms with Crippen molar-refractivity contribution in [2.45, 2.75) is 26.8 Å². The number of methoxy groups -OCH3 is 1. The monoisotopic (exact) mass is 418 g/mol. The maximum atomic E-state index is 13.4. The minimum absolute atomic E-state index is 0.177. The molecule has 0 radical (unpaired) electrons. The molecule has 1 atom stereocenters. The van der Waals surface area contributed by atoms with E-state index in [2.05, 4.69) is 15.5 Å². The fourth-order valence-corrected chi connectivity index (χ4v) is 3.85. The summed E-state index contributed by atoms with van der Waals surface area (Å²) in [5.74, 6) is 0.552. The Morgan fingerprint density at radius 1 is 1.16 bits per heavy atom. The second-order valence-corrected chi connectivity index (χ2v) is 7.70. The van der Waals surface area contributed by atoms with Gasteiger partial charge in [0.15, 0.2) is 5.65 Å². The van der Waals surface area contributed by atoms with Crippen molar-refractivity contribution in [2.75, 3.05) is 7.11 Å². The summed E-state index contributed by atoms with van der Waals surface area (Å²) in [7, 11) is 5.35. The van der Waals surface area contributed by atoms with Gasteiger partial charge in [-0.25, -0.2) is 4.98 Å². The zero-order chi connectivity index (χ0) is 22.3. The molecule has 0 spiro atoms. The van der Waals surface area contributed by atoms with Crippen molar-refractivity contribution in [3.8, 4) is 17.0 Å². The molecule has 0 fully saturated rings. The number of ether oxygens (including phenoxy) is 1. The van der Waals surface area contributed by atoms with E-state index < -0.39 is 0 Å². The number of pyridine rings is 1. The lowest BCUT2D eigenvalue weighted by Crippen LogP contribution is -2.27. The summed E-state index contributed by atoms with van der Waals surface area (Å²) in [6.07, 6.45) is 1.79. The zero-order valence-electron chi connectivity index (χ0n) is 18.6. The van der Waals surface area contributed by atoms with E-state index in [0.29, 0.717) is 16.9 Å². The number of nitrogens with one attached hydrogen (secondary N) is 1. The standard InChI is InChI=1S/C23H26N6O2/c1-13(19-12-24-28(4)15(19)3)25-23(30)18-11-20(16-8-7-9-17(10-16)31-6)26-22-21(18)14(2)27-29(22)5/h7-13H,1-6H3,(H,25,30)/t13-/m0/s1. The van der Waals surface area contributed by atoms with E-state index in [9.17, 15) is 4.79 Å². The highest BCUT2D eigenvalue weighted by molar-refractivity contribution is 6.07. The molecule has 0 saturated heterocycles. The Kier molecular flexibility index (Phi) is 5.22. The number of hydrogen-bond donors (Lipinski definition) is 1. The molecule has 0 aliphatic carbocycles. The van der Waals surface area contributed by atoms with Gasteiger partial charge in [-0.2, -0.15) is 10.2 Å². The lowest BCUT2D eigenvalue weighted by molar-refractivity contribution is 0.0941. The van der Waals surface area contributed by atoms with Gasteiger partial charge in [-0.15, -0.1) is 0 Å². The quantitative estimate of drug-likeness (QED) is 0.536. The molecule has 8 nitrogen and oxygen atoms in total. The van der Waals surface area contributed by atoms with Crippen LogP contribution in [0.1, 0.15) is 40.3 Å². The molecule has 4 aromatic rings. The summed E-state index contributed by atoms with van der Waals surface area (Å²) < 4.78 is 8.86. The van der Waals surface area contributed by atoms with Crippen molar-refractivity contribution in [1.82, 2.24) is 29.9 Å². The third-order valence-corrected chi connectivity index (χ3v) is 5.67. The topological polar surface area (TPSA) is 86.9 Å². The van der Waals surface area contributed by atoms with Gasteiger partial charge in [0.05, 0.1) is 41.7 Å². The molecule has 0 unspecified atom stereocenters. The fraction of sp³-hybridized carbons (Fsp3) is 0.304. The van der Waals surface area contributed by atoms with Gasteiger partial charge in [0.1, 0.15) is 5.75 Å². The average molecular weight is 419 g/mol. The Morgan fingerprint density at radius 2 is 1.94 bits per heavy atom. The highest BCUT2D eigenvalue weighted by atomic mass is 16.5. The third kappa shape index (κ3) is 3.65. The molecule has 1 aromatic carbocycles. The Hall–Kier alpha value is -3.68. The Labute approximate surface area is 180 Å². The van der Waals surface area contributed by atoms with Crippen LogP contribution in [-0.4, -0.2) is 37.6 Å². The molecule has 0 aliphatic rings. The van der Waals surface area contributed by atoms with Gasteiger partial charge in [0, 0.05) is 30.9 Å².